The van der Waals surface area contributed by atoms with Crippen molar-refractivity contribution < 1.29 is 0 Å². The minimum atomic E-state index is 0.658. The Balaban J connectivity index is 2.05. The van der Waals surface area contributed by atoms with Crippen LogP contribution in [-0.2, 0) is 12.8 Å². The number of H-pyrrole nitrogens is 1. The first-order valence-electron chi connectivity index (χ1n) is 4.54. The molecule has 0 unspecified atom stereocenters. The maximum atomic E-state index is 6.04. The molecule has 0 saturated carbocycles. The summed E-state index contributed by atoms with van der Waals surface area (Å²) >= 11 is 11.8. The largest absolute Gasteiger partial charge is 0.198 e. The number of hydrogen-bond donors (Lipinski definition) is 1. The molecule has 1 aromatic carbocycles. The van der Waals surface area contributed by atoms with Crippen LogP contribution in [-0.4, -0.2) is 15.4 Å². The Labute approximate surface area is 97.4 Å². The maximum Gasteiger partial charge on any atom is 0.0828 e. The fraction of sp³-hybridized carbons (Fsp3) is 0.200. The van der Waals surface area contributed by atoms with E-state index in [1.54, 1.807) is 12.3 Å². The second-order valence-electron chi connectivity index (χ2n) is 3.20. The molecule has 0 saturated heterocycles. The molecule has 15 heavy (non-hydrogen) atoms. The van der Waals surface area contributed by atoms with Crippen molar-refractivity contribution in [2.75, 3.05) is 0 Å². The van der Waals surface area contributed by atoms with Crippen molar-refractivity contribution in [3.8, 4) is 0 Å². The standard InChI is InChI=1S/C10H9Cl2N3/c11-8-3-1-7(10(12)5-8)2-4-9-6-13-15-14-9/h1,3,5-6H,2,4H2,(H,13,14,15). The predicted molar refractivity (Wildman–Crippen MR) is 60.3 cm³/mol. The van der Waals surface area contributed by atoms with Crippen molar-refractivity contribution in [1.29, 1.82) is 0 Å². The van der Waals surface area contributed by atoms with E-state index < -0.39 is 0 Å². The minimum Gasteiger partial charge on any atom is -0.198 e. The molecule has 2 rings (SSSR count). The highest BCUT2D eigenvalue weighted by Crippen LogP contribution is 2.21. The van der Waals surface area contributed by atoms with E-state index >= 15 is 0 Å². The average molecular weight is 242 g/mol. The highest BCUT2D eigenvalue weighted by Gasteiger charge is 2.03. The lowest BCUT2D eigenvalue weighted by molar-refractivity contribution is 0.871. The number of aryl methyl sites for hydroxylation is 2. The zero-order valence-electron chi connectivity index (χ0n) is 7.87. The molecular weight excluding hydrogens is 233 g/mol. The van der Waals surface area contributed by atoms with Crippen LogP contribution in [0, 0.1) is 0 Å². The van der Waals surface area contributed by atoms with Gasteiger partial charge in [-0.1, -0.05) is 29.3 Å². The maximum absolute atomic E-state index is 6.04. The summed E-state index contributed by atoms with van der Waals surface area (Å²) in [4.78, 5) is 0. The number of benzene rings is 1. The smallest absolute Gasteiger partial charge is 0.0828 e. The molecule has 78 valence electrons. The quantitative estimate of drug-likeness (QED) is 0.898. The SMILES string of the molecule is Clc1ccc(CCc2cn[nH]n2)c(Cl)c1. The van der Waals surface area contributed by atoms with E-state index in [1.807, 2.05) is 12.1 Å². The molecule has 0 fully saturated rings. The van der Waals surface area contributed by atoms with Crippen LogP contribution >= 0.6 is 23.2 Å². The van der Waals surface area contributed by atoms with E-state index in [0.29, 0.717) is 10.0 Å². The molecule has 2 aromatic rings. The lowest BCUT2D eigenvalue weighted by atomic mass is 10.1. The fourth-order valence-electron chi connectivity index (χ4n) is 1.33. The highest BCUT2D eigenvalue weighted by molar-refractivity contribution is 6.35. The second kappa shape index (κ2) is 4.64. The number of rotatable bonds is 3. The van der Waals surface area contributed by atoms with Crippen LogP contribution in [0.3, 0.4) is 0 Å². The monoisotopic (exact) mass is 241 g/mol. The Morgan fingerprint density at radius 3 is 2.73 bits per heavy atom. The third kappa shape index (κ3) is 2.70. The fourth-order valence-corrected chi connectivity index (χ4v) is 1.84. The molecule has 0 aliphatic carbocycles. The van der Waals surface area contributed by atoms with Crippen molar-refractivity contribution in [2.24, 2.45) is 0 Å². The van der Waals surface area contributed by atoms with Gasteiger partial charge in [0.05, 0.1) is 11.9 Å². The highest BCUT2D eigenvalue weighted by atomic mass is 35.5. The molecule has 1 heterocycles. The van der Waals surface area contributed by atoms with Gasteiger partial charge < -0.3 is 0 Å². The summed E-state index contributed by atoms with van der Waals surface area (Å²) in [6.45, 7) is 0. The van der Waals surface area contributed by atoms with E-state index in [1.165, 1.54) is 0 Å². The van der Waals surface area contributed by atoms with E-state index in [4.69, 9.17) is 23.2 Å². The van der Waals surface area contributed by atoms with E-state index in [0.717, 1.165) is 24.1 Å². The molecule has 0 aliphatic heterocycles. The number of aromatic amines is 1. The van der Waals surface area contributed by atoms with Crippen molar-refractivity contribution >= 4 is 23.2 Å². The third-order valence-corrected chi connectivity index (χ3v) is 2.72. The van der Waals surface area contributed by atoms with Crippen molar-refractivity contribution in [2.45, 2.75) is 12.8 Å². The topological polar surface area (TPSA) is 41.6 Å². The summed E-state index contributed by atoms with van der Waals surface area (Å²) in [5, 5.41) is 11.6. The van der Waals surface area contributed by atoms with E-state index in [2.05, 4.69) is 15.4 Å². The van der Waals surface area contributed by atoms with Crippen LogP contribution in [0.1, 0.15) is 11.3 Å². The van der Waals surface area contributed by atoms with Gasteiger partial charge in [-0.05, 0) is 30.5 Å². The van der Waals surface area contributed by atoms with E-state index in [9.17, 15) is 0 Å². The summed E-state index contributed by atoms with van der Waals surface area (Å²) in [5.74, 6) is 0. The van der Waals surface area contributed by atoms with Crippen LogP contribution in [0.25, 0.3) is 0 Å². The lowest BCUT2D eigenvalue weighted by Crippen LogP contribution is -1.92. The predicted octanol–water partition coefficient (Wildman–Crippen LogP) is 2.90. The molecule has 0 atom stereocenters. The molecule has 0 bridgehead atoms. The van der Waals surface area contributed by atoms with Gasteiger partial charge in [-0.3, -0.25) is 0 Å². The van der Waals surface area contributed by atoms with Gasteiger partial charge in [0.25, 0.3) is 0 Å². The van der Waals surface area contributed by atoms with Crippen molar-refractivity contribution in [3.63, 3.8) is 0 Å². The van der Waals surface area contributed by atoms with Gasteiger partial charge >= 0.3 is 0 Å². The number of hydrogen-bond acceptors (Lipinski definition) is 2. The number of halogens is 2. The van der Waals surface area contributed by atoms with Crippen LogP contribution in [0.4, 0.5) is 0 Å². The van der Waals surface area contributed by atoms with Crippen LogP contribution in [0.15, 0.2) is 24.4 Å². The van der Waals surface area contributed by atoms with E-state index in [-0.39, 0.29) is 0 Å². The Hall–Kier alpha value is -1.06. The summed E-state index contributed by atoms with van der Waals surface area (Å²) < 4.78 is 0. The normalized spacial score (nSPS) is 10.5. The first kappa shape index (κ1) is 10.5. The number of aromatic nitrogens is 3. The Morgan fingerprint density at radius 2 is 2.07 bits per heavy atom. The minimum absolute atomic E-state index is 0.658. The Kier molecular flexibility index (Phi) is 3.23. The van der Waals surface area contributed by atoms with Gasteiger partial charge in [-0.2, -0.15) is 15.4 Å². The van der Waals surface area contributed by atoms with Gasteiger partial charge in [0.2, 0.25) is 0 Å². The Bertz CT molecular complexity index is 440. The summed E-state index contributed by atoms with van der Waals surface area (Å²) in [6.07, 6.45) is 3.37. The molecular formula is C10H9Cl2N3. The van der Waals surface area contributed by atoms with Crippen molar-refractivity contribution in [1.82, 2.24) is 15.4 Å². The summed E-state index contributed by atoms with van der Waals surface area (Å²) in [7, 11) is 0. The second-order valence-corrected chi connectivity index (χ2v) is 4.04. The zero-order chi connectivity index (χ0) is 10.7. The van der Waals surface area contributed by atoms with Gasteiger partial charge in [0.1, 0.15) is 0 Å². The molecule has 0 aliphatic rings. The van der Waals surface area contributed by atoms with Gasteiger partial charge in [0, 0.05) is 10.0 Å². The van der Waals surface area contributed by atoms with Crippen molar-refractivity contribution in [3.05, 3.63) is 45.7 Å². The molecule has 0 amide bonds. The first-order chi connectivity index (χ1) is 7.25. The lowest BCUT2D eigenvalue weighted by Gasteiger charge is -2.02. The third-order valence-electron chi connectivity index (χ3n) is 2.13. The molecule has 0 radical (unpaired) electrons. The first-order valence-corrected chi connectivity index (χ1v) is 5.30. The molecule has 0 spiro atoms. The van der Waals surface area contributed by atoms with Gasteiger partial charge in [0.15, 0.2) is 0 Å². The van der Waals surface area contributed by atoms with Gasteiger partial charge in [-0.15, -0.1) is 0 Å². The Morgan fingerprint density at radius 1 is 1.20 bits per heavy atom. The average Bonchev–Trinajstić information content (AvgIpc) is 2.69. The molecule has 1 N–H and O–H groups in total. The van der Waals surface area contributed by atoms with Crippen LogP contribution < -0.4 is 0 Å². The molecule has 3 nitrogen and oxygen atoms in total. The summed E-state index contributed by atoms with van der Waals surface area (Å²) in [5.41, 5.74) is 2.00. The zero-order valence-corrected chi connectivity index (χ0v) is 9.39. The van der Waals surface area contributed by atoms with Crippen LogP contribution in [0.5, 0.6) is 0 Å². The molecule has 5 heteroatoms. The summed E-state index contributed by atoms with van der Waals surface area (Å²) in [6, 6.07) is 5.53. The van der Waals surface area contributed by atoms with Gasteiger partial charge in [-0.25, -0.2) is 0 Å². The van der Waals surface area contributed by atoms with Crippen LogP contribution in [0.2, 0.25) is 10.0 Å². The number of nitrogens with one attached hydrogen (secondary N) is 1. The molecule has 1 aromatic heterocycles. The number of nitrogens with zero attached hydrogens (tertiary/aromatic N) is 2.